The van der Waals surface area contributed by atoms with E-state index in [1.807, 2.05) is 26.8 Å². The maximum Gasteiger partial charge on any atom is 0.323 e. The predicted molar refractivity (Wildman–Crippen MR) is 73.5 cm³/mol. The Hall–Kier alpha value is -1.55. The Kier molecular flexibility index (Phi) is 3.54. The van der Waals surface area contributed by atoms with Gasteiger partial charge >= 0.3 is 5.97 Å². The Morgan fingerprint density at radius 1 is 1.42 bits per heavy atom. The van der Waals surface area contributed by atoms with Crippen molar-refractivity contribution in [3.05, 3.63) is 28.8 Å². The zero-order valence-corrected chi connectivity index (χ0v) is 11.7. The van der Waals surface area contributed by atoms with Crippen LogP contribution in [0.3, 0.4) is 0 Å². The number of carboxylic acids is 1. The molecular formula is C15H21NO3. The summed E-state index contributed by atoms with van der Waals surface area (Å²) in [5.41, 5.74) is 8.18. The van der Waals surface area contributed by atoms with Crippen LogP contribution in [0.25, 0.3) is 0 Å². The molecule has 2 rings (SSSR count). The summed E-state index contributed by atoms with van der Waals surface area (Å²) in [6.07, 6.45) is 1.42. The van der Waals surface area contributed by atoms with Crippen molar-refractivity contribution >= 4 is 5.97 Å². The van der Waals surface area contributed by atoms with E-state index in [-0.39, 0.29) is 6.10 Å². The molecular weight excluding hydrogens is 242 g/mol. The van der Waals surface area contributed by atoms with E-state index in [2.05, 4.69) is 6.07 Å². The van der Waals surface area contributed by atoms with Crippen molar-refractivity contribution < 1.29 is 14.6 Å². The van der Waals surface area contributed by atoms with Gasteiger partial charge in [-0.3, -0.25) is 4.79 Å². The first-order valence-corrected chi connectivity index (χ1v) is 6.58. The Morgan fingerprint density at radius 2 is 2.11 bits per heavy atom. The zero-order valence-electron chi connectivity index (χ0n) is 11.7. The van der Waals surface area contributed by atoms with Crippen molar-refractivity contribution in [1.82, 2.24) is 0 Å². The quantitative estimate of drug-likeness (QED) is 0.877. The largest absolute Gasteiger partial charge is 0.490 e. The SMILES string of the molecule is Cc1cc(C)c(C)c(OC2CCC(N)(C(=O)O)C2)c1. The van der Waals surface area contributed by atoms with Crippen LogP contribution in [0.2, 0.25) is 0 Å². The fraction of sp³-hybridized carbons (Fsp3) is 0.533. The first-order valence-electron chi connectivity index (χ1n) is 6.58. The van der Waals surface area contributed by atoms with E-state index in [1.54, 1.807) is 0 Å². The number of hydrogen-bond acceptors (Lipinski definition) is 3. The minimum Gasteiger partial charge on any atom is -0.490 e. The van der Waals surface area contributed by atoms with Crippen LogP contribution in [0.15, 0.2) is 12.1 Å². The fourth-order valence-corrected chi connectivity index (χ4v) is 2.63. The van der Waals surface area contributed by atoms with Gasteiger partial charge in [0, 0.05) is 6.42 Å². The highest BCUT2D eigenvalue weighted by molar-refractivity contribution is 5.79. The molecule has 0 saturated heterocycles. The van der Waals surface area contributed by atoms with E-state index in [4.69, 9.17) is 15.6 Å². The molecule has 2 atom stereocenters. The number of aryl methyl sites for hydroxylation is 2. The van der Waals surface area contributed by atoms with Crippen molar-refractivity contribution in [3.63, 3.8) is 0 Å². The minimum absolute atomic E-state index is 0.110. The smallest absolute Gasteiger partial charge is 0.323 e. The molecule has 0 aromatic heterocycles. The van der Waals surface area contributed by atoms with Gasteiger partial charge in [-0.2, -0.15) is 0 Å². The molecule has 1 aliphatic rings. The number of nitrogens with two attached hydrogens (primary N) is 1. The van der Waals surface area contributed by atoms with E-state index < -0.39 is 11.5 Å². The standard InChI is InChI=1S/C15H21NO3/c1-9-6-10(2)11(3)13(7-9)19-12-4-5-15(16,8-12)14(17)18/h6-7,12H,4-5,8,16H2,1-3H3,(H,17,18). The molecule has 0 aliphatic heterocycles. The molecule has 1 aliphatic carbocycles. The van der Waals surface area contributed by atoms with Gasteiger partial charge in [0.1, 0.15) is 17.4 Å². The van der Waals surface area contributed by atoms with Crippen molar-refractivity contribution in [1.29, 1.82) is 0 Å². The number of ether oxygens (including phenoxy) is 1. The lowest BCUT2D eigenvalue weighted by molar-refractivity contribution is -0.143. The van der Waals surface area contributed by atoms with Crippen molar-refractivity contribution in [2.75, 3.05) is 0 Å². The highest BCUT2D eigenvalue weighted by atomic mass is 16.5. The van der Waals surface area contributed by atoms with E-state index in [9.17, 15) is 4.79 Å². The van der Waals surface area contributed by atoms with Crippen molar-refractivity contribution in [2.45, 2.75) is 51.7 Å². The van der Waals surface area contributed by atoms with Crippen LogP contribution in [-0.2, 0) is 4.79 Å². The lowest BCUT2D eigenvalue weighted by atomic mass is 10.00. The number of carbonyl (C=O) groups is 1. The van der Waals surface area contributed by atoms with Gasteiger partial charge in [0.2, 0.25) is 0 Å². The molecule has 104 valence electrons. The number of rotatable bonds is 3. The van der Waals surface area contributed by atoms with E-state index in [0.717, 1.165) is 16.9 Å². The highest BCUT2D eigenvalue weighted by Gasteiger charge is 2.43. The molecule has 3 N–H and O–H groups in total. The van der Waals surface area contributed by atoms with Crippen LogP contribution in [0.5, 0.6) is 5.75 Å². The molecule has 4 nitrogen and oxygen atoms in total. The van der Waals surface area contributed by atoms with E-state index in [1.165, 1.54) is 5.56 Å². The topological polar surface area (TPSA) is 72.5 Å². The van der Waals surface area contributed by atoms with Gasteiger partial charge in [-0.15, -0.1) is 0 Å². The third-order valence-electron chi connectivity index (χ3n) is 3.99. The Labute approximate surface area is 113 Å². The van der Waals surface area contributed by atoms with Crippen LogP contribution in [0.4, 0.5) is 0 Å². The van der Waals surface area contributed by atoms with Crippen LogP contribution < -0.4 is 10.5 Å². The van der Waals surface area contributed by atoms with Gasteiger partial charge in [-0.1, -0.05) is 6.07 Å². The third kappa shape index (κ3) is 2.73. The van der Waals surface area contributed by atoms with E-state index in [0.29, 0.717) is 19.3 Å². The summed E-state index contributed by atoms with van der Waals surface area (Å²) in [5.74, 6) is -0.0899. The Balaban J connectivity index is 2.14. The zero-order chi connectivity index (χ0) is 14.2. The van der Waals surface area contributed by atoms with Crippen LogP contribution in [0, 0.1) is 20.8 Å². The Morgan fingerprint density at radius 3 is 2.68 bits per heavy atom. The summed E-state index contributed by atoms with van der Waals surface area (Å²) in [4.78, 5) is 11.1. The summed E-state index contributed by atoms with van der Waals surface area (Å²) in [6.45, 7) is 6.10. The van der Waals surface area contributed by atoms with E-state index >= 15 is 0 Å². The molecule has 19 heavy (non-hydrogen) atoms. The molecule has 2 unspecified atom stereocenters. The summed E-state index contributed by atoms with van der Waals surface area (Å²) in [7, 11) is 0. The second-order valence-corrected chi connectivity index (χ2v) is 5.65. The van der Waals surface area contributed by atoms with Gasteiger partial charge < -0.3 is 15.6 Å². The summed E-state index contributed by atoms with van der Waals surface area (Å²) >= 11 is 0. The average Bonchev–Trinajstić information content (AvgIpc) is 2.69. The number of benzene rings is 1. The minimum atomic E-state index is -1.13. The summed E-state index contributed by atoms with van der Waals surface area (Å²) < 4.78 is 5.97. The van der Waals surface area contributed by atoms with Gasteiger partial charge in [-0.05, 0) is 56.4 Å². The molecule has 1 aromatic carbocycles. The van der Waals surface area contributed by atoms with Crippen LogP contribution >= 0.6 is 0 Å². The van der Waals surface area contributed by atoms with Crippen molar-refractivity contribution in [2.24, 2.45) is 5.73 Å². The van der Waals surface area contributed by atoms with Gasteiger partial charge in [0.25, 0.3) is 0 Å². The molecule has 0 spiro atoms. The monoisotopic (exact) mass is 263 g/mol. The summed E-state index contributed by atoms with van der Waals surface area (Å²) in [6, 6.07) is 4.11. The maximum atomic E-state index is 11.1. The first-order chi connectivity index (χ1) is 8.82. The molecule has 1 aromatic rings. The first kappa shape index (κ1) is 13.9. The van der Waals surface area contributed by atoms with Gasteiger partial charge in [0.05, 0.1) is 0 Å². The fourth-order valence-electron chi connectivity index (χ4n) is 2.63. The molecule has 0 bridgehead atoms. The molecule has 1 fully saturated rings. The second-order valence-electron chi connectivity index (χ2n) is 5.65. The molecule has 4 heteroatoms. The molecule has 0 heterocycles. The van der Waals surface area contributed by atoms with Gasteiger partial charge in [-0.25, -0.2) is 0 Å². The molecule has 0 radical (unpaired) electrons. The van der Waals surface area contributed by atoms with Crippen LogP contribution in [0.1, 0.15) is 36.0 Å². The maximum absolute atomic E-state index is 11.1. The lowest BCUT2D eigenvalue weighted by Crippen LogP contribution is -2.46. The molecule has 1 saturated carbocycles. The lowest BCUT2D eigenvalue weighted by Gasteiger charge is -2.20. The predicted octanol–water partition coefficient (Wildman–Crippen LogP) is 2.33. The average molecular weight is 263 g/mol. The van der Waals surface area contributed by atoms with Crippen LogP contribution in [-0.4, -0.2) is 22.7 Å². The number of hydrogen-bond donors (Lipinski definition) is 2. The molecule has 0 amide bonds. The normalized spacial score (nSPS) is 26.4. The highest BCUT2D eigenvalue weighted by Crippen LogP contribution is 2.33. The Bertz CT molecular complexity index is 512. The second kappa shape index (κ2) is 4.85. The number of carboxylic acid groups (broad SMARTS) is 1. The van der Waals surface area contributed by atoms with Gasteiger partial charge in [0.15, 0.2) is 0 Å². The number of aliphatic carboxylic acids is 1. The summed E-state index contributed by atoms with van der Waals surface area (Å²) in [5, 5.41) is 9.12. The third-order valence-corrected chi connectivity index (χ3v) is 3.99. The van der Waals surface area contributed by atoms with Crippen molar-refractivity contribution in [3.8, 4) is 5.75 Å².